The fraction of sp³-hybridized carbons (Fsp3) is 0.455. The Kier molecular flexibility index (Phi) is 4.16. The smallest absolute Gasteiger partial charge is 0.340 e. The monoisotopic (exact) mass is 391 g/mol. The van der Waals surface area contributed by atoms with Gasteiger partial charge in [-0.05, 0) is 31.2 Å². The van der Waals surface area contributed by atoms with Crippen LogP contribution in [-0.4, -0.2) is 40.3 Å². The summed E-state index contributed by atoms with van der Waals surface area (Å²) in [6.45, 7) is 0.153. The Morgan fingerprint density at radius 1 is 1.21 bits per heavy atom. The van der Waals surface area contributed by atoms with E-state index >= 15 is 0 Å². The Morgan fingerprint density at radius 2 is 2.00 bits per heavy atom. The van der Waals surface area contributed by atoms with Gasteiger partial charge in [0.2, 0.25) is 11.8 Å². The summed E-state index contributed by atoms with van der Waals surface area (Å²) in [6, 6.07) is 9.55. The van der Waals surface area contributed by atoms with Gasteiger partial charge in [0.05, 0.1) is 29.9 Å². The predicted octanol–water partition coefficient (Wildman–Crippen LogP) is 2.64. The topological polar surface area (TPSA) is 103 Å². The molecule has 5 atom stereocenters. The molecule has 1 N–H and O–H groups in total. The molecule has 1 aromatic heterocycles. The van der Waals surface area contributed by atoms with Crippen LogP contribution in [0.2, 0.25) is 0 Å². The number of likely N-dealkylation sites (tertiary alicyclic amines) is 1. The zero-order valence-electron chi connectivity index (χ0n) is 15.8. The second-order valence-electron chi connectivity index (χ2n) is 8.22. The van der Waals surface area contributed by atoms with E-state index in [4.69, 9.17) is 10.00 Å². The number of fused-ring (bicyclic) bond motifs is 3. The highest BCUT2D eigenvalue weighted by Crippen LogP contribution is 2.54. The van der Waals surface area contributed by atoms with E-state index in [0.29, 0.717) is 12.0 Å². The summed E-state index contributed by atoms with van der Waals surface area (Å²) in [5.74, 6) is -1.56. The molecule has 29 heavy (non-hydrogen) atoms. The number of H-pyrrole nitrogens is 1. The van der Waals surface area contributed by atoms with Gasteiger partial charge in [0.1, 0.15) is 6.10 Å². The van der Waals surface area contributed by atoms with Crippen LogP contribution in [0.3, 0.4) is 0 Å². The molecule has 2 bridgehead atoms. The third-order valence-corrected chi connectivity index (χ3v) is 6.86. The molecular formula is C22H21N3O4. The zero-order valence-corrected chi connectivity index (χ0v) is 15.8. The van der Waals surface area contributed by atoms with Crippen molar-refractivity contribution in [3.8, 4) is 6.07 Å². The molecule has 4 aliphatic rings. The van der Waals surface area contributed by atoms with Crippen LogP contribution < -0.4 is 0 Å². The number of imide groups is 1. The molecule has 5 unspecified atom stereocenters. The molecule has 7 heteroatoms. The van der Waals surface area contributed by atoms with Crippen molar-refractivity contribution in [2.24, 2.45) is 23.7 Å². The second kappa shape index (κ2) is 6.73. The van der Waals surface area contributed by atoms with Crippen LogP contribution in [0.25, 0.3) is 10.9 Å². The van der Waals surface area contributed by atoms with Crippen LogP contribution in [0.4, 0.5) is 0 Å². The standard InChI is InChI=1S/C22H21N3O4/c23-8-3-9-25-20(26)18-12-6-7-14(19(18)21(25)27)17(10-12)29-22(28)15-11-24-16-5-2-1-4-13(15)16/h1-2,4-5,11-12,14,17-19,24H,3,6-7,9-10H2. The summed E-state index contributed by atoms with van der Waals surface area (Å²) in [4.78, 5) is 42.9. The molecule has 1 aliphatic heterocycles. The zero-order chi connectivity index (χ0) is 20.1. The van der Waals surface area contributed by atoms with E-state index in [1.807, 2.05) is 30.3 Å². The Balaban J connectivity index is 1.38. The van der Waals surface area contributed by atoms with E-state index in [9.17, 15) is 14.4 Å². The molecule has 2 heterocycles. The van der Waals surface area contributed by atoms with Crippen molar-refractivity contribution in [3.63, 3.8) is 0 Å². The highest BCUT2D eigenvalue weighted by molar-refractivity contribution is 6.06. The third-order valence-electron chi connectivity index (χ3n) is 6.86. The number of carbonyl (C=O) groups excluding carboxylic acids is 3. The lowest BCUT2D eigenvalue weighted by atomic mass is 9.58. The highest BCUT2D eigenvalue weighted by Gasteiger charge is 2.61. The van der Waals surface area contributed by atoms with Crippen LogP contribution in [0.5, 0.6) is 0 Å². The average Bonchev–Trinajstić information content (AvgIpc) is 3.28. The molecule has 2 aromatic rings. The van der Waals surface area contributed by atoms with Gasteiger partial charge in [0.25, 0.3) is 0 Å². The average molecular weight is 391 g/mol. The number of benzene rings is 1. The number of nitrogens with one attached hydrogen (secondary N) is 1. The van der Waals surface area contributed by atoms with Gasteiger partial charge >= 0.3 is 5.97 Å². The molecule has 3 saturated carbocycles. The Morgan fingerprint density at radius 3 is 2.83 bits per heavy atom. The normalized spacial score (nSPS) is 30.4. The molecule has 3 aliphatic carbocycles. The molecule has 1 saturated heterocycles. The lowest BCUT2D eigenvalue weighted by Gasteiger charge is -2.47. The quantitative estimate of drug-likeness (QED) is 0.637. The van der Waals surface area contributed by atoms with Gasteiger partial charge in [-0.1, -0.05) is 18.2 Å². The minimum Gasteiger partial charge on any atom is -0.458 e. The van der Waals surface area contributed by atoms with Gasteiger partial charge in [0, 0.05) is 29.6 Å². The Bertz CT molecular complexity index is 1050. The maximum atomic E-state index is 12.9. The molecule has 2 amide bonds. The summed E-state index contributed by atoms with van der Waals surface area (Å²) in [6.07, 6.45) is 3.71. The van der Waals surface area contributed by atoms with Crippen LogP contribution in [0, 0.1) is 35.0 Å². The first-order chi connectivity index (χ1) is 14.1. The summed E-state index contributed by atoms with van der Waals surface area (Å²) in [7, 11) is 0. The van der Waals surface area contributed by atoms with Gasteiger partial charge < -0.3 is 9.72 Å². The van der Waals surface area contributed by atoms with Crippen LogP contribution in [0.1, 0.15) is 36.0 Å². The van der Waals surface area contributed by atoms with E-state index in [2.05, 4.69) is 4.98 Å². The van der Waals surface area contributed by atoms with E-state index in [0.717, 1.165) is 23.7 Å². The van der Waals surface area contributed by atoms with E-state index in [1.54, 1.807) is 6.20 Å². The molecule has 4 fully saturated rings. The number of rotatable bonds is 4. The fourth-order valence-corrected chi connectivity index (χ4v) is 5.60. The number of aromatic nitrogens is 1. The van der Waals surface area contributed by atoms with Crippen LogP contribution >= 0.6 is 0 Å². The van der Waals surface area contributed by atoms with Gasteiger partial charge in [-0.2, -0.15) is 5.26 Å². The number of ether oxygens (including phenoxy) is 1. The van der Waals surface area contributed by atoms with Crippen LogP contribution in [-0.2, 0) is 14.3 Å². The first-order valence-electron chi connectivity index (χ1n) is 10.1. The molecular weight excluding hydrogens is 370 g/mol. The predicted molar refractivity (Wildman–Crippen MR) is 102 cm³/mol. The molecule has 148 valence electrons. The van der Waals surface area contributed by atoms with Gasteiger partial charge in [-0.25, -0.2) is 4.79 Å². The summed E-state index contributed by atoms with van der Waals surface area (Å²) in [5, 5.41) is 9.63. The summed E-state index contributed by atoms with van der Waals surface area (Å²) < 4.78 is 5.89. The first-order valence-corrected chi connectivity index (χ1v) is 10.1. The Labute approximate surface area is 167 Å². The minimum absolute atomic E-state index is 0.0503. The number of nitriles is 1. The van der Waals surface area contributed by atoms with Crippen molar-refractivity contribution >= 4 is 28.7 Å². The minimum atomic E-state index is -0.422. The number of para-hydroxylation sites is 1. The number of hydrogen-bond acceptors (Lipinski definition) is 5. The Hall–Kier alpha value is -3.14. The molecule has 0 spiro atoms. The fourth-order valence-electron chi connectivity index (χ4n) is 5.60. The van der Waals surface area contributed by atoms with Crippen molar-refractivity contribution in [1.82, 2.24) is 9.88 Å². The van der Waals surface area contributed by atoms with E-state index < -0.39 is 11.9 Å². The number of nitrogens with zero attached hydrogens (tertiary/aromatic N) is 2. The maximum absolute atomic E-state index is 12.9. The highest BCUT2D eigenvalue weighted by atomic mass is 16.5. The van der Waals surface area contributed by atoms with Crippen molar-refractivity contribution in [1.29, 1.82) is 5.26 Å². The van der Waals surface area contributed by atoms with Crippen molar-refractivity contribution < 1.29 is 19.1 Å². The second-order valence-corrected chi connectivity index (χ2v) is 8.22. The number of amides is 2. The summed E-state index contributed by atoms with van der Waals surface area (Å²) >= 11 is 0. The van der Waals surface area contributed by atoms with Crippen molar-refractivity contribution in [3.05, 3.63) is 36.0 Å². The lowest BCUT2D eigenvalue weighted by Crippen LogP contribution is -2.50. The van der Waals surface area contributed by atoms with Gasteiger partial charge in [-0.3, -0.25) is 14.5 Å². The number of hydrogen-bond donors (Lipinski definition) is 1. The van der Waals surface area contributed by atoms with E-state index in [-0.39, 0.29) is 48.6 Å². The van der Waals surface area contributed by atoms with E-state index in [1.165, 1.54) is 4.90 Å². The lowest BCUT2D eigenvalue weighted by molar-refractivity contribution is -0.140. The molecule has 6 rings (SSSR count). The third kappa shape index (κ3) is 2.66. The molecule has 1 aromatic carbocycles. The first kappa shape index (κ1) is 17.9. The number of carbonyl (C=O) groups is 3. The van der Waals surface area contributed by atoms with Crippen LogP contribution in [0.15, 0.2) is 30.5 Å². The van der Waals surface area contributed by atoms with Gasteiger partial charge in [-0.15, -0.1) is 0 Å². The van der Waals surface area contributed by atoms with Crippen molar-refractivity contribution in [2.45, 2.75) is 31.8 Å². The summed E-state index contributed by atoms with van der Waals surface area (Å²) in [5.41, 5.74) is 1.36. The number of aromatic amines is 1. The SMILES string of the molecule is N#CCCN1C(=O)C2C3CCC(C(OC(=O)c4c[nH]c5ccccc45)C3)C2C1=O. The van der Waals surface area contributed by atoms with Gasteiger partial charge in [0.15, 0.2) is 0 Å². The van der Waals surface area contributed by atoms with Crippen molar-refractivity contribution in [2.75, 3.05) is 6.54 Å². The molecule has 7 nitrogen and oxygen atoms in total. The number of esters is 1. The maximum Gasteiger partial charge on any atom is 0.340 e. The largest absolute Gasteiger partial charge is 0.458 e. The molecule has 0 radical (unpaired) electrons.